The largest absolute Gasteiger partial charge is 0.352 e. The topological polar surface area (TPSA) is 77.8 Å². The summed E-state index contributed by atoms with van der Waals surface area (Å²) in [5.41, 5.74) is 5.40. The van der Waals surface area contributed by atoms with Crippen molar-refractivity contribution in [3.63, 3.8) is 0 Å². The molecule has 0 fully saturated rings. The van der Waals surface area contributed by atoms with E-state index in [4.69, 9.17) is 0 Å². The predicted molar refractivity (Wildman–Crippen MR) is 90.9 cm³/mol. The Balaban J connectivity index is 1.62. The number of hydrogen-bond acceptors (Lipinski definition) is 2. The third-order valence-corrected chi connectivity index (χ3v) is 4.05. The Kier molecular flexibility index (Phi) is 4.02. The van der Waals surface area contributed by atoms with Crippen molar-refractivity contribution in [1.82, 2.24) is 15.3 Å². The Bertz CT molecular complexity index is 921. The van der Waals surface area contributed by atoms with E-state index in [1.807, 2.05) is 50.2 Å². The fraction of sp³-hybridized carbons (Fsp3) is 0.222. The smallest absolute Gasteiger partial charge is 0.323 e. The molecule has 3 aromatic rings. The van der Waals surface area contributed by atoms with Crippen LogP contribution >= 0.6 is 0 Å². The lowest BCUT2D eigenvalue weighted by Crippen LogP contribution is -2.25. The quantitative estimate of drug-likeness (QED) is 0.692. The van der Waals surface area contributed by atoms with Crippen LogP contribution in [0.25, 0.3) is 11.0 Å². The van der Waals surface area contributed by atoms with Crippen molar-refractivity contribution in [3.8, 4) is 0 Å². The Morgan fingerprint density at radius 1 is 1.00 bits per heavy atom. The molecule has 1 aromatic heterocycles. The van der Waals surface area contributed by atoms with E-state index in [0.29, 0.717) is 18.5 Å². The summed E-state index contributed by atoms with van der Waals surface area (Å²) in [4.78, 5) is 28.8. The standard InChI is InChI=1S/C18H19N3O2/c1-11-3-5-14(9-12(11)2)17(22)19-8-7-13-4-6-15-16(10-13)21-18(23)20-15/h3-6,9-10H,7-8H2,1-2H3,(H,19,22)(H2,20,21,23). The van der Waals surface area contributed by atoms with Gasteiger partial charge in [-0.05, 0) is 61.2 Å². The molecule has 0 saturated heterocycles. The molecule has 0 radical (unpaired) electrons. The highest BCUT2D eigenvalue weighted by atomic mass is 16.1. The molecule has 0 aliphatic rings. The number of rotatable bonds is 4. The number of imidazole rings is 1. The predicted octanol–water partition coefficient (Wildman–Crippen LogP) is 2.45. The SMILES string of the molecule is Cc1ccc(C(=O)NCCc2ccc3[nH]c(=O)[nH]c3c2)cc1C. The van der Waals surface area contributed by atoms with Crippen LogP contribution in [0.2, 0.25) is 0 Å². The fourth-order valence-electron chi connectivity index (χ4n) is 2.54. The van der Waals surface area contributed by atoms with Gasteiger partial charge in [0.15, 0.2) is 0 Å². The van der Waals surface area contributed by atoms with Crippen molar-refractivity contribution in [2.24, 2.45) is 0 Å². The number of aryl methyl sites for hydroxylation is 2. The van der Waals surface area contributed by atoms with Crippen LogP contribution in [0.1, 0.15) is 27.0 Å². The number of fused-ring (bicyclic) bond motifs is 1. The van der Waals surface area contributed by atoms with Gasteiger partial charge in [-0.25, -0.2) is 4.79 Å². The molecule has 118 valence electrons. The van der Waals surface area contributed by atoms with E-state index in [-0.39, 0.29) is 11.6 Å². The molecule has 1 heterocycles. The zero-order chi connectivity index (χ0) is 16.4. The van der Waals surface area contributed by atoms with Crippen LogP contribution < -0.4 is 11.0 Å². The van der Waals surface area contributed by atoms with Crippen LogP contribution in [0, 0.1) is 13.8 Å². The van der Waals surface area contributed by atoms with Crippen LogP contribution in [0.15, 0.2) is 41.2 Å². The highest BCUT2D eigenvalue weighted by Crippen LogP contribution is 2.11. The molecule has 3 rings (SSSR count). The van der Waals surface area contributed by atoms with Gasteiger partial charge in [-0.1, -0.05) is 12.1 Å². The van der Waals surface area contributed by atoms with Crippen LogP contribution in [0.3, 0.4) is 0 Å². The van der Waals surface area contributed by atoms with Gasteiger partial charge in [0.25, 0.3) is 5.91 Å². The van der Waals surface area contributed by atoms with Gasteiger partial charge in [-0.15, -0.1) is 0 Å². The molecule has 0 saturated carbocycles. The molecule has 0 aliphatic heterocycles. The van der Waals surface area contributed by atoms with Crippen molar-refractivity contribution >= 4 is 16.9 Å². The number of benzene rings is 2. The third kappa shape index (κ3) is 3.34. The number of carbonyl (C=O) groups is 1. The van der Waals surface area contributed by atoms with Crippen molar-refractivity contribution < 1.29 is 4.79 Å². The highest BCUT2D eigenvalue weighted by molar-refractivity contribution is 5.94. The first-order valence-electron chi connectivity index (χ1n) is 7.59. The summed E-state index contributed by atoms with van der Waals surface area (Å²) < 4.78 is 0. The molecule has 0 spiro atoms. The van der Waals surface area contributed by atoms with E-state index in [0.717, 1.165) is 22.2 Å². The summed E-state index contributed by atoms with van der Waals surface area (Å²) in [7, 11) is 0. The number of aromatic amines is 2. The number of H-pyrrole nitrogens is 2. The summed E-state index contributed by atoms with van der Waals surface area (Å²) in [6.07, 6.45) is 0.708. The number of amides is 1. The van der Waals surface area contributed by atoms with Crippen LogP contribution in [0.5, 0.6) is 0 Å². The molecule has 5 heteroatoms. The summed E-state index contributed by atoms with van der Waals surface area (Å²) in [5, 5.41) is 2.93. The maximum atomic E-state index is 12.2. The Morgan fingerprint density at radius 2 is 1.78 bits per heavy atom. The normalized spacial score (nSPS) is 10.9. The zero-order valence-corrected chi connectivity index (χ0v) is 13.2. The van der Waals surface area contributed by atoms with Gasteiger partial charge in [0, 0.05) is 12.1 Å². The van der Waals surface area contributed by atoms with Gasteiger partial charge in [0.1, 0.15) is 0 Å². The zero-order valence-electron chi connectivity index (χ0n) is 13.2. The molecule has 0 unspecified atom stereocenters. The van der Waals surface area contributed by atoms with E-state index in [9.17, 15) is 9.59 Å². The van der Waals surface area contributed by atoms with Crippen LogP contribution in [-0.4, -0.2) is 22.4 Å². The lowest BCUT2D eigenvalue weighted by molar-refractivity contribution is 0.0954. The second-order valence-corrected chi connectivity index (χ2v) is 5.76. The van der Waals surface area contributed by atoms with Gasteiger partial charge in [-0.3, -0.25) is 4.79 Å². The molecular formula is C18H19N3O2. The van der Waals surface area contributed by atoms with Gasteiger partial charge >= 0.3 is 5.69 Å². The third-order valence-electron chi connectivity index (χ3n) is 4.05. The lowest BCUT2D eigenvalue weighted by Gasteiger charge is -2.07. The molecule has 1 amide bonds. The van der Waals surface area contributed by atoms with E-state index < -0.39 is 0 Å². The summed E-state index contributed by atoms with van der Waals surface area (Å²) in [6.45, 7) is 4.57. The molecule has 3 N–H and O–H groups in total. The van der Waals surface area contributed by atoms with E-state index in [1.54, 1.807) is 0 Å². The molecule has 23 heavy (non-hydrogen) atoms. The minimum atomic E-state index is -0.208. The minimum absolute atomic E-state index is 0.0655. The average Bonchev–Trinajstić information content (AvgIpc) is 2.89. The maximum absolute atomic E-state index is 12.2. The van der Waals surface area contributed by atoms with Gasteiger partial charge in [0.2, 0.25) is 0 Å². The van der Waals surface area contributed by atoms with Crippen LogP contribution in [-0.2, 0) is 6.42 Å². The molecule has 2 aromatic carbocycles. The lowest BCUT2D eigenvalue weighted by atomic mass is 10.1. The summed E-state index contributed by atoms with van der Waals surface area (Å²) >= 11 is 0. The highest BCUT2D eigenvalue weighted by Gasteiger charge is 2.06. The van der Waals surface area contributed by atoms with Gasteiger partial charge < -0.3 is 15.3 Å². The fourth-order valence-corrected chi connectivity index (χ4v) is 2.54. The van der Waals surface area contributed by atoms with Crippen molar-refractivity contribution in [2.75, 3.05) is 6.54 Å². The first kappa shape index (κ1) is 15.1. The number of hydrogen-bond donors (Lipinski definition) is 3. The summed E-state index contributed by atoms with van der Waals surface area (Å²) in [6, 6.07) is 11.5. The number of nitrogens with one attached hydrogen (secondary N) is 3. The van der Waals surface area contributed by atoms with E-state index in [2.05, 4.69) is 15.3 Å². The number of aromatic nitrogens is 2. The molecule has 0 aliphatic carbocycles. The van der Waals surface area contributed by atoms with E-state index in [1.165, 1.54) is 5.56 Å². The van der Waals surface area contributed by atoms with Crippen molar-refractivity contribution in [2.45, 2.75) is 20.3 Å². The van der Waals surface area contributed by atoms with Crippen LogP contribution in [0.4, 0.5) is 0 Å². The van der Waals surface area contributed by atoms with Crippen molar-refractivity contribution in [3.05, 3.63) is 69.1 Å². The second-order valence-electron chi connectivity index (χ2n) is 5.76. The molecule has 0 bridgehead atoms. The number of carbonyl (C=O) groups excluding carboxylic acids is 1. The molecule has 0 atom stereocenters. The first-order chi connectivity index (χ1) is 11.0. The second kappa shape index (κ2) is 6.12. The molecular weight excluding hydrogens is 290 g/mol. The first-order valence-corrected chi connectivity index (χ1v) is 7.59. The monoisotopic (exact) mass is 309 g/mol. The maximum Gasteiger partial charge on any atom is 0.323 e. The van der Waals surface area contributed by atoms with Gasteiger partial charge in [-0.2, -0.15) is 0 Å². The van der Waals surface area contributed by atoms with Crippen molar-refractivity contribution in [1.29, 1.82) is 0 Å². The Hall–Kier alpha value is -2.82. The van der Waals surface area contributed by atoms with Gasteiger partial charge in [0.05, 0.1) is 11.0 Å². The Morgan fingerprint density at radius 3 is 2.57 bits per heavy atom. The average molecular weight is 309 g/mol. The van der Waals surface area contributed by atoms with E-state index >= 15 is 0 Å². The summed E-state index contributed by atoms with van der Waals surface area (Å²) in [5.74, 6) is -0.0655. The molecule has 5 nitrogen and oxygen atoms in total. The minimum Gasteiger partial charge on any atom is -0.352 e. The Labute approximate surface area is 133 Å².